The average molecular weight is 334 g/mol. The molecule has 0 aliphatic carbocycles. The molecule has 9 heteroatoms. The predicted molar refractivity (Wildman–Crippen MR) is 79.8 cm³/mol. The number of hydrogen-bond donors (Lipinski definition) is 2. The molecule has 1 aromatic carbocycles. The van der Waals surface area contributed by atoms with E-state index in [0.717, 1.165) is 0 Å². The maximum absolute atomic E-state index is 12.3. The van der Waals surface area contributed by atoms with E-state index < -0.39 is 22.3 Å². The monoisotopic (exact) mass is 333 g/mol. The van der Waals surface area contributed by atoms with Crippen LogP contribution in [0.3, 0.4) is 0 Å². The maximum Gasteiger partial charge on any atom is 0.407 e. The number of piperazine rings is 1. The van der Waals surface area contributed by atoms with E-state index in [2.05, 4.69) is 4.72 Å². The van der Waals surface area contributed by atoms with Crippen molar-refractivity contribution in [3.63, 3.8) is 0 Å². The van der Waals surface area contributed by atoms with E-state index in [0.29, 0.717) is 10.7 Å². The van der Waals surface area contributed by atoms with Crippen molar-refractivity contribution in [2.24, 2.45) is 0 Å². The van der Waals surface area contributed by atoms with Crippen LogP contribution in [0.2, 0.25) is 5.02 Å². The summed E-state index contributed by atoms with van der Waals surface area (Å²) in [4.78, 5) is 12.2. The lowest BCUT2D eigenvalue weighted by Crippen LogP contribution is -2.56. The van der Waals surface area contributed by atoms with Gasteiger partial charge in [-0.2, -0.15) is 12.7 Å². The summed E-state index contributed by atoms with van der Waals surface area (Å²) >= 11 is 5.82. The van der Waals surface area contributed by atoms with Gasteiger partial charge in [-0.25, -0.2) is 4.79 Å². The Morgan fingerprint density at radius 2 is 2.14 bits per heavy atom. The van der Waals surface area contributed by atoms with Crippen molar-refractivity contribution in [2.75, 3.05) is 24.4 Å². The highest BCUT2D eigenvalue weighted by atomic mass is 35.5. The third-order valence-electron chi connectivity index (χ3n) is 3.25. The molecule has 0 saturated carbocycles. The second kappa shape index (κ2) is 6.08. The minimum atomic E-state index is -3.73. The number of halogens is 1. The molecule has 116 valence electrons. The van der Waals surface area contributed by atoms with Gasteiger partial charge in [-0.3, -0.25) is 4.72 Å². The van der Waals surface area contributed by atoms with Crippen molar-refractivity contribution in [3.8, 4) is 0 Å². The van der Waals surface area contributed by atoms with E-state index in [9.17, 15) is 13.2 Å². The standard InChI is InChI=1S/C12H16ClN3O4S/c1-9-8-15(5-6-16(9)12(17)18)21(19,20)14-11-4-2-3-10(13)7-11/h2-4,7,9,14H,5-6,8H2,1H3,(H,17,18)/t9-/m0/s1. The maximum atomic E-state index is 12.3. The highest BCUT2D eigenvalue weighted by Gasteiger charge is 2.33. The Labute approximate surface area is 128 Å². The molecule has 2 rings (SSSR count). The van der Waals surface area contributed by atoms with Crippen LogP contribution in [0, 0.1) is 0 Å². The van der Waals surface area contributed by atoms with Gasteiger partial charge < -0.3 is 10.0 Å². The smallest absolute Gasteiger partial charge is 0.407 e. The Bertz CT molecular complexity index is 637. The lowest BCUT2D eigenvalue weighted by molar-refractivity contribution is 0.0994. The van der Waals surface area contributed by atoms with Gasteiger partial charge in [0.2, 0.25) is 0 Å². The van der Waals surface area contributed by atoms with Gasteiger partial charge in [-0.15, -0.1) is 0 Å². The second-order valence-electron chi connectivity index (χ2n) is 4.80. The fourth-order valence-corrected chi connectivity index (χ4v) is 3.67. The lowest BCUT2D eigenvalue weighted by atomic mass is 10.2. The molecule has 2 N–H and O–H groups in total. The van der Waals surface area contributed by atoms with Gasteiger partial charge in [0, 0.05) is 30.7 Å². The zero-order valence-electron chi connectivity index (χ0n) is 11.4. The number of hydrogen-bond acceptors (Lipinski definition) is 3. The number of benzene rings is 1. The molecule has 0 spiro atoms. The zero-order valence-corrected chi connectivity index (χ0v) is 12.9. The first-order chi connectivity index (χ1) is 9.79. The molecule has 1 aliphatic heterocycles. The first-order valence-corrected chi connectivity index (χ1v) is 8.14. The van der Waals surface area contributed by atoms with Crippen LogP contribution in [0.5, 0.6) is 0 Å². The summed E-state index contributed by atoms with van der Waals surface area (Å²) in [6.07, 6.45) is -1.04. The molecule has 7 nitrogen and oxygen atoms in total. The molecule has 1 atom stereocenters. The number of carbonyl (C=O) groups is 1. The van der Waals surface area contributed by atoms with Crippen molar-refractivity contribution in [1.29, 1.82) is 0 Å². The molecule has 0 unspecified atom stereocenters. The molecular formula is C12H16ClN3O4S. The van der Waals surface area contributed by atoms with Gasteiger partial charge in [0.15, 0.2) is 0 Å². The Balaban J connectivity index is 2.09. The number of carboxylic acid groups (broad SMARTS) is 1. The minimum absolute atomic E-state index is 0.113. The summed E-state index contributed by atoms with van der Waals surface area (Å²) in [7, 11) is -3.73. The normalized spacial score (nSPS) is 20.3. The number of nitrogens with zero attached hydrogens (tertiary/aromatic N) is 2. The van der Waals surface area contributed by atoms with Gasteiger partial charge >= 0.3 is 16.3 Å². The van der Waals surface area contributed by atoms with Crippen molar-refractivity contribution < 1.29 is 18.3 Å². The van der Waals surface area contributed by atoms with Crippen LogP contribution >= 0.6 is 11.6 Å². The van der Waals surface area contributed by atoms with Crippen LogP contribution in [-0.4, -0.2) is 54.5 Å². The van der Waals surface area contributed by atoms with Crippen molar-refractivity contribution in [2.45, 2.75) is 13.0 Å². The predicted octanol–water partition coefficient (Wildman–Crippen LogP) is 1.68. The summed E-state index contributed by atoms with van der Waals surface area (Å²) < 4.78 is 28.3. The molecule has 0 radical (unpaired) electrons. The average Bonchev–Trinajstić information content (AvgIpc) is 2.37. The Kier molecular flexibility index (Phi) is 4.60. The van der Waals surface area contributed by atoms with Crippen molar-refractivity contribution in [1.82, 2.24) is 9.21 Å². The van der Waals surface area contributed by atoms with Crippen LogP contribution in [0.1, 0.15) is 6.92 Å². The first kappa shape index (κ1) is 15.9. The van der Waals surface area contributed by atoms with Crippen LogP contribution in [0.25, 0.3) is 0 Å². The summed E-state index contributed by atoms with van der Waals surface area (Å²) in [5.74, 6) is 0. The molecule has 1 aromatic rings. The topological polar surface area (TPSA) is 90.0 Å². The second-order valence-corrected chi connectivity index (χ2v) is 6.91. The van der Waals surface area contributed by atoms with Crippen LogP contribution in [-0.2, 0) is 10.2 Å². The first-order valence-electron chi connectivity index (χ1n) is 6.32. The Morgan fingerprint density at radius 1 is 1.43 bits per heavy atom. The Morgan fingerprint density at radius 3 is 2.71 bits per heavy atom. The molecule has 1 heterocycles. The van der Waals surface area contributed by atoms with E-state index in [4.69, 9.17) is 16.7 Å². The highest BCUT2D eigenvalue weighted by Crippen LogP contribution is 2.19. The summed E-state index contributed by atoms with van der Waals surface area (Å²) in [5, 5.41) is 9.42. The van der Waals surface area contributed by atoms with Crippen molar-refractivity contribution in [3.05, 3.63) is 29.3 Å². The van der Waals surface area contributed by atoms with Crippen LogP contribution in [0.15, 0.2) is 24.3 Å². The fourth-order valence-electron chi connectivity index (χ4n) is 2.19. The quantitative estimate of drug-likeness (QED) is 0.880. The number of amides is 1. The third kappa shape index (κ3) is 3.78. The van der Waals surface area contributed by atoms with E-state index in [1.165, 1.54) is 15.3 Å². The molecule has 1 saturated heterocycles. The summed E-state index contributed by atoms with van der Waals surface area (Å²) in [6.45, 7) is 2.05. The van der Waals surface area contributed by atoms with Gasteiger partial charge in [-0.1, -0.05) is 17.7 Å². The van der Waals surface area contributed by atoms with Gasteiger partial charge in [0.1, 0.15) is 0 Å². The molecule has 1 fully saturated rings. The van der Waals surface area contributed by atoms with Gasteiger partial charge in [-0.05, 0) is 25.1 Å². The SMILES string of the molecule is C[C@H]1CN(S(=O)(=O)Nc2cccc(Cl)c2)CCN1C(=O)O. The van der Waals surface area contributed by atoms with Gasteiger partial charge in [0.05, 0.1) is 5.69 Å². The highest BCUT2D eigenvalue weighted by molar-refractivity contribution is 7.90. The number of nitrogens with one attached hydrogen (secondary N) is 1. The molecule has 1 amide bonds. The van der Waals surface area contributed by atoms with E-state index in [1.807, 2.05) is 0 Å². The number of anilines is 1. The molecule has 0 aromatic heterocycles. The molecule has 0 bridgehead atoms. The van der Waals surface area contributed by atoms with E-state index >= 15 is 0 Å². The Hall–Kier alpha value is -1.51. The summed E-state index contributed by atoms with van der Waals surface area (Å²) in [6, 6.07) is 6.00. The zero-order chi connectivity index (χ0) is 15.6. The molecule has 1 aliphatic rings. The van der Waals surface area contributed by atoms with Gasteiger partial charge in [0.25, 0.3) is 0 Å². The largest absolute Gasteiger partial charge is 0.465 e. The van der Waals surface area contributed by atoms with Crippen molar-refractivity contribution >= 4 is 33.6 Å². The van der Waals surface area contributed by atoms with E-state index in [-0.39, 0.29) is 19.6 Å². The lowest BCUT2D eigenvalue weighted by Gasteiger charge is -2.37. The third-order valence-corrected chi connectivity index (χ3v) is 4.99. The molecular weight excluding hydrogens is 318 g/mol. The summed E-state index contributed by atoms with van der Waals surface area (Å²) in [5.41, 5.74) is 0.371. The number of rotatable bonds is 3. The van der Waals surface area contributed by atoms with E-state index in [1.54, 1.807) is 25.1 Å². The van der Waals surface area contributed by atoms with Crippen LogP contribution < -0.4 is 4.72 Å². The fraction of sp³-hybridized carbons (Fsp3) is 0.417. The minimum Gasteiger partial charge on any atom is -0.465 e. The molecule has 21 heavy (non-hydrogen) atoms. The van der Waals surface area contributed by atoms with Crippen LogP contribution in [0.4, 0.5) is 10.5 Å².